The van der Waals surface area contributed by atoms with Crippen LogP contribution < -0.4 is 0 Å². The second kappa shape index (κ2) is 5.47. The van der Waals surface area contributed by atoms with Crippen LogP contribution in [0.5, 0.6) is 0 Å². The SMILES string of the molecule is [CH2]c1cc(COC)n(Cc2cccc(Br)c2)n1. The highest BCUT2D eigenvalue weighted by Gasteiger charge is 2.06. The van der Waals surface area contributed by atoms with Gasteiger partial charge in [0.15, 0.2) is 0 Å². The molecule has 2 rings (SSSR count). The molecule has 0 bridgehead atoms. The number of aromatic nitrogens is 2. The number of methoxy groups -OCH3 is 1. The third kappa shape index (κ3) is 3.17. The first kappa shape index (κ1) is 12.3. The minimum Gasteiger partial charge on any atom is -0.378 e. The smallest absolute Gasteiger partial charge is 0.0881 e. The van der Waals surface area contributed by atoms with E-state index in [9.17, 15) is 0 Å². The molecule has 3 nitrogen and oxygen atoms in total. The number of halogens is 1. The maximum Gasteiger partial charge on any atom is 0.0881 e. The van der Waals surface area contributed by atoms with E-state index in [0.717, 1.165) is 22.4 Å². The molecule has 2 aromatic rings. The molecule has 17 heavy (non-hydrogen) atoms. The number of benzene rings is 1. The molecule has 0 saturated carbocycles. The van der Waals surface area contributed by atoms with Crippen LogP contribution in [0.2, 0.25) is 0 Å². The molecule has 0 fully saturated rings. The second-order valence-electron chi connectivity index (χ2n) is 3.85. The minimum absolute atomic E-state index is 0.552. The van der Waals surface area contributed by atoms with E-state index in [1.165, 1.54) is 5.56 Å². The van der Waals surface area contributed by atoms with Gasteiger partial charge in [-0.2, -0.15) is 5.10 Å². The standard InChI is InChI=1S/C13H14BrN2O/c1-10-6-13(9-17-2)16(15-10)8-11-4-3-5-12(14)7-11/h3-7H,1,8-9H2,2H3. The van der Waals surface area contributed by atoms with E-state index in [0.29, 0.717) is 6.61 Å². The number of hydrogen-bond donors (Lipinski definition) is 0. The highest BCUT2D eigenvalue weighted by molar-refractivity contribution is 9.10. The van der Waals surface area contributed by atoms with Gasteiger partial charge >= 0.3 is 0 Å². The van der Waals surface area contributed by atoms with Crippen molar-refractivity contribution >= 4 is 15.9 Å². The lowest BCUT2D eigenvalue weighted by Gasteiger charge is -2.07. The van der Waals surface area contributed by atoms with Gasteiger partial charge in [-0.25, -0.2) is 0 Å². The van der Waals surface area contributed by atoms with Crippen LogP contribution in [0.25, 0.3) is 0 Å². The van der Waals surface area contributed by atoms with Gasteiger partial charge in [0.1, 0.15) is 0 Å². The summed E-state index contributed by atoms with van der Waals surface area (Å²) in [5, 5.41) is 4.36. The molecule has 0 amide bonds. The van der Waals surface area contributed by atoms with E-state index in [1.54, 1.807) is 7.11 Å². The molecular formula is C13H14BrN2O. The van der Waals surface area contributed by atoms with Crippen LogP contribution in [-0.2, 0) is 17.9 Å². The summed E-state index contributed by atoms with van der Waals surface area (Å²) in [6.07, 6.45) is 0. The van der Waals surface area contributed by atoms with E-state index in [-0.39, 0.29) is 0 Å². The third-order valence-corrected chi connectivity index (χ3v) is 2.92. The maximum atomic E-state index is 5.15. The quantitative estimate of drug-likeness (QED) is 0.866. The van der Waals surface area contributed by atoms with Gasteiger partial charge in [-0.3, -0.25) is 4.68 Å². The van der Waals surface area contributed by atoms with Crippen molar-refractivity contribution in [2.24, 2.45) is 0 Å². The Labute approximate surface area is 110 Å². The first-order valence-electron chi connectivity index (χ1n) is 5.31. The Bertz CT molecular complexity index is 508. The van der Waals surface area contributed by atoms with Crippen LogP contribution in [0, 0.1) is 6.92 Å². The van der Waals surface area contributed by atoms with Crippen molar-refractivity contribution in [1.82, 2.24) is 9.78 Å². The van der Waals surface area contributed by atoms with Crippen molar-refractivity contribution in [2.45, 2.75) is 13.2 Å². The molecule has 1 radical (unpaired) electrons. The zero-order chi connectivity index (χ0) is 12.3. The van der Waals surface area contributed by atoms with Gasteiger partial charge in [-0.05, 0) is 30.7 Å². The second-order valence-corrected chi connectivity index (χ2v) is 4.76. The van der Waals surface area contributed by atoms with Crippen molar-refractivity contribution in [3.05, 3.63) is 58.7 Å². The average Bonchev–Trinajstić information content (AvgIpc) is 2.59. The molecule has 0 N–H and O–H groups in total. The van der Waals surface area contributed by atoms with Gasteiger partial charge in [-0.1, -0.05) is 28.1 Å². The Kier molecular flexibility index (Phi) is 3.97. The van der Waals surface area contributed by atoms with Gasteiger partial charge in [0.25, 0.3) is 0 Å². The fraction of sp³-hybridized carbons (Fsp3) is 0.231. The van der Waals surface area contributed by atoms with Crippen LogP contribution in [-0.4, -0.2) is 16.9 Å². The Morgan fingerprint density at radius 1 is 1.41 bits per heavy atom. The van der Waals surface area contributed by atoms with E-state index in [2.05, 4.69) is 40.1 Å². The Morgan fingerprint density at radius 2 is 2.24 bits per heavy atom. The highest BCUT2D eigenvalue weighted by atomic mass is 79.9. The van der Waals surface area contributed by atoms with E-state index in [4.69, 9.17) is 4.74 Å². The largest absolute Gasteiger partial charge is 0.378 e. The van der Waals surface area contributed by atoms with Crippen molar-refractivity contribution < 1.29 is 4.74 Å². The molecule has 1 heterocycles. The summed E-state index contributed by atoms with van der Waals surface area (Å²) < 4.78 is 8.14. The topological polar surface area (TPSA) is 27.1 Å². The average molecular weight is 294 g/mol. The summed E-state index contributed by atoms with van der Waals surface area (Å²) in [6, 6.07) is 10.1. The van der Waals surface area contributed by atoms with E-state index >= 15 is 0 Å². The van der Waals surface area contributed by atoms with Gasteiger partial charge in [0.2, 0.25) is 0 Å². The number of ether oxygens (including phenoxy) is 1. The Balaban J connectivity index is 2.23. The third-order valence-electron chi connectivity index (χ3n) is 2.43. The van der Waals surface area contributed by atoms with Crippen LogP contribution in [0.15, 0.2) is 34.8 Å². The minimum atomic E-state index is 0.552. The normalized spacial score (nSPS) is 10.8. The molecular weight excluding hydrogens is 280 g/mol. The van der Waals surface area contributed by atoms with Gasteiger partial charge in [-0.15, -0.1) is 0 Å². The zero-order valence-corrected chi connectivity index (χ0v) is 11.3. The fourth-order valence-electron chi connectivity index (χ4n) is 1.72. The Morgan fingerprint density at radius 3 is 2.94 bits per heavy atom. The van der Waals surface area contributed by atoms with Crippen LogP contribution in [0.3, 0.4) is 0 Å². The summed E-state index contributed by atoms with van der Waals surface area (Å²) in [4.78, 5) is 0. The molecule has 0 saturated heterocycles. The van der Waals surface area contributed by atoms with E-state index < -0.39 is 0 Å². The molecule has 89 valence electrons. The summed E-state index contributed by atoms with van der Waals surface area (Å²) in [7, 11) is 1.68. The first-order valence-corrected chi connectivity index (χ1v) is 6.10. The zero-order valence-electron chi connectivity index (χ0n) is 9.69. The molecule has 0 atom stereocenters. The highest BCUT2D eigenvalue weighted by Crippen LogP contribution is 2.14. The number of hydrogen-bond acceptors (Lipinski definition) is 2. The summed E-state index contributed by atoms with van der Waals surface area (Å²) >= 11 is 3.46. The van der Waals surface area contributed by atoms with E-state index in [1.807, 2.05) is 22.9 Å². The van der Waals surface area contributed by atoms with Crippen molar-refractivity contribution in [1.29, 1.82) is 0 Å². The molecule has 4 heteroatoms. The lowest BCUT2D eigenvalue weighted by Crippen LogP contribution is -2.07. The Hall–Kier alpha value is -1.13. The molecule has 1 aromatic carbocycles. The molecule has 0 aliphatic carbocycles. The molecule has 0 spiro atoms. The first-order chi connectivity index (χ1) is 8.19. The van der Waals surface area contributed by atoms with Crippen LogP contribution in [0.1, 0.15) is 17.0 Å². The van der Waals surface area contributed by atoms with Crippen LogP contribution in [0.4, 0.5) is 0 Å². The summed E-state index contributed by atoms with van der Waals surface area (Å²) in [6.45, 7) is 5.13. The van der Waals surface area contributed by atoms with Gasteiger partial charge in [0, 0.05) is 11.6 Å². The molecule has 0 unspecified atom stereocenters. The van der Waals surface area contributed by atoms with Crippen molar-refractivity contribution in [2.75, 3.05) is 7.11 Å². The van der Waals surface area contributed by atoms with Crippen molar-refractivity contribution in [3.8, 4) is 0 Å². The predicted octanol–water partition coefficient (Wildman–Crippen LogP) is 3.02. The van der Waals surface area contributed by atoms with Crippen LogP contribution >= 0.6 is 15.9 Å². The number of nitrogens with zero attached hydrogens (tertiary/aromatic N) is 2. The summed E-state index contributed by atoms with van der Waals surface area (Å²) in [5.41, 5.74) is 3.00. The lowest BCUT2D eigenvalue weighted by atomic mass is 10.2. The fourth-order valence-corrected chi connectivity index (χ4v) is 2.17. The molecule has 0 aliphatic heterocycles. The predicted molar refractivity (Wildman–Crippen MR) is 70.6 cm³/mol. The molecule has 1 aromatic heterocycles. The molecule has 0 aliphatic rings. The number of rotatable bonds is 4. The maximum absolute atomic E-state index is 5.15. The monoisotopic (exact) mass is 293 g/mol. The van der Waals surface area contributed by atoms with Gasteiger partial charge in [0.05, 0.1) is 24.5 Å². The van der Waals surface area contributed by atoms with Crippen molar-refractivity contribution in [3.63, 3.8) is 0 Å². The summed E-state index contributed by atoms with van der Waals surface area (Å²) in [5.74, 6) is 0. The van der Waals surface area contributed by atoms with Gasteiger partial charge < -0.3 is 4.74 Å². The lowest BCUT2D eigenvalue weighted by molar-refractivity contribution is 0.177.